The molecule has 2 aromatic rings. The molecule has 1 unspecified atom stereocenters. The maximum atomic E-state index is 13.5. The summed E-state index contributed by atoms with van der Waals surface area (Å²) in [6.45, 7) is 2.78. The van der Waals surface area contributed by atoms with Gasteiger partial charge in [-0.3, -0.25) is 4.68 Å². The van der Waals surface area contributed by atoms with Crippen molar-refractivity contribution < 1.29 is 4.39 Å². The third-order valence-electron chi connectivity index (χ3n) is 2.83. The standard InChI is InChI=1S/C13H16FN3/c1-2-17-13(7-8-16-17)12(15)9-10-5-3-4-6-11(10)14/h3-8,12H,2,9,15H2,1H3. The van der Waals surface area contributed by atoms with Gasteiger partial charge in [-0.05, 0) is 31.0 Å². The van der Waals surface area contributed by atoms with Crippen molar-refractivity contribution in [3.8, 4) is 0 Å². The number of benzene rings is 1. The lowest BCUT2D eigenvalue weighted by Gasteiger charge is -2.13. The number of rotatable bonds is 4. The summed E-state index contributed by atoms with van der Waals surface area (Å²) in [6, 6.07) is 8.38. The summed E-state index contributed by atoms with van der Waals surface area (Å²) >= 11 is 0. The van der Waals surface area contributed by atoms with E-state index < -0.39 is 0 Å². The van der Waals surface area contributed by atoms with Gasteiger partial charge in [-0.2, -0.15) is 5.10 Å². The first-order valence-corrected chi connectivity index (χ1v) is 5.73. The molecule has 1 atom stereocenters. The maximum absolute atomic E-state index is 13.5. The molecule has 2 rings (SSSR count). The van der Waals surface area contributed by atoms with Gasteiger partial charge in [0.15, 0.2) is 0 Å². The van der Waals surface area contributed by atoms with Crippen molar-refractivity contribution in [3.63, 3.8) is 0 Å². The highest BCUT2D eigenvalue weighted by atomic mass is 19.1. The molecule has 0 aliphatic rings. The van der Waals surface area contributed by atoms with Gasteiger partial charge in [0, 0.05) is 12.7 Å². The van der Waals surface area contributed by atoms with E-state index in [9.17, 15) is 4.39 Å². The number of hydrogen-bond donors (Lipinski definition) is 1. The van der Waals surface area contributed by atoms with Gasteiger partial charge in [-0.15, -0.1) is 0 Å². The second kappa shape index (κ2) is 5.10. The quantitative estimate of drug-likeness (QED) is 0.880. The Morgan fingerprint density at radius 3 is 2.82 bits per heavy atom. The molecular weight excluding hydrogens is 217 g/mol. The highest BCUT2D eigenvalue weighted by Gasteiger charge is 2.13. The predicted molar refractivity (Wildman–Crippen MR) is 64.9 cm³/mol. The van der Waals surface area contributed by atoms with Crippen LogP contribution in [0.25, 0.3) is 0 Å². The van der Waals surface area contributed by atoms with E-state index in [1.165, 1.54) is 6.07 Å². The molecule has 17 heavy (non-hydrogen) atoms. The van der Waals surface area contributed by atoms with Crippen molar-refractivity contribution in [1.82, 2.24) is 9.78 Å². The van der Waals surface area contributed by atoms with Crippen molar-refractivity contribution in [2.75, 3.05) is 0 Å². The average molecular weight is 233 g/mol. The van der Waals surface area contributed by atoms with E-state index in [-0.39, 0.29) is 11.9 Å². The fourth-order valence-corrected chi connectivity index (χ4v) is 1.93. The van der Waals surface area contributed by atoms with Gasteiger partial charge in [0.05, 0.1) is 11.7 Å². The summed E-state index contributed by atoms with van der Waals surface area (Å²) in [6.07, 6.45) is 2.21. The normalized spacial score (nSPS) is 12.6. The molecular formula is C13H16FN3. The molecule has 0 saturated carbocycles. The van der Waals surface area contributed by atoms with Gasteiger partial charge in [0.1, 0.15) is 5.82 Å². The second-order valence-corrected chi connectivity index (χ2v) is 3.97. The monoisotopic (exact) mass is 233 g/mol. The van der Waals surface area contributed by atoms with Gasteiger partial charge in [0.2, 0.25) is 0 Å². The van der Waals surface area contributed by atoms with E-state index in [0.717, 1.165) is 12.2 Å². The Kier molecular flexibility index (Phi) is 3.54. The van der Waals surface area contributed by atoms with Crippen LogP contribution in [-0.2, 0) is 13.0 Å². The van der Waals surface area contributed by atoms with E-state index in [1.807, 2.05) is 23.7 Å². The lowest BCUT2D eigenvalue weighted by Crippen LogP contribution is -2.18. The Balaban J connectivity index is 2.17. The van der Waals surface area contributed by atoms with Crippen LogP contribution in [0.2, 0.25) is 0 Å². The minimum absolute atomic E-state index is 0.203. The lowest BCUT2D eigenvalue weighted by molar-refractivity contribution is 0.551. The molecule has 0 aliphatic carbocycles. The summed E-state index contributed by atoms with van der Waals surface area (Å²) < 4.78 is 15.3. The largest absolute Gasteiger partial charge is 0.322 e. The summed E-state index contributed by atoms with van der Waals surface area (Å²) in [4.78, 5) is 0. The Morgan fingerprint density at radius 1 is 1.35 bits per heavy atom. The van der Waals surface area contributed by atoms with Crippen LogP contribution >= 0.6 is 0 Å². The van der Waals surface area contributed by atoms with Crippen molar-refractivity contribution in [2.24, 2.45) is 5.73 Å². The van der Waals surface area contributed by atoms with Gasteiger partial charge in [-0.1, -0.05) is 18.2 Å². The second-order valence-electron chi connectivity index (χ2n) is 3.97. The van der Waals surface area contributed by atoms with Gasteiger partial charge >= 0.3 is 0 Å². The van der Waals surface area contributed by atoms with Crippen LogP contribution in [0.4, 0.5) is 4.39 Å². The minimum Gasteiger partial charge on any atom is -0.322 e. The molecule has 0 aliphatic heterocycles. The van der Waals surface area contributed by atoms with Crippen LogP contribution in [0, 0.1) is 5.82 Å². The number of nitrogens with zero attached hydrogens (tertiary/aromatic N) is 2. The Bertz CT molecular complexity index is 493. The molecule has 2 N–H and O–H groups in total. The molecule has 1 aromatic carbocycles. The molecule has 0 amide bonds. The fourth-order valence-electron chi connectivity index (χ4n) is 1.93. The highest BCUT2D eigenvalue weighted by molar-refractivity contribution is 5.20. The predicted octanol–water partition coefficient (Wildman–Crippen LogP) is 2.28. The Labute approximate surface area is 100 Å². The number of aryl methyl sites for hydroxylation is 1. The first kappa shape index (κ1) is 11.8. The Hall–Kier alpha value is -1.68. The lowest BCUT2D eigenvalue weighted by atomic mass is 10.0. The zero-order chi connectivity index (χ0) is 12.3. The van der Waals surface area contributed by atoms with Gasteiger partial charge in [0.25, 0.3) is 0 Å². The average Bonchev–Trinajstić information content (AvgIpc) is 2.80. The zero-order valence-corrected chi connectivity index (χ0v) is 9.81. The van der Waals surface area contributed by atoms with Crippen molar-refractivity contribution >= 4 is 0 Å². The van der Waals surface area contributed by atoms with Gasteiger partial charge in [-0.25, -0.2) is 4.39 Å². The molecule has 4 heteroatoms. The molecule has 3 nitrogen and oxygen atoms in total. The summed E-state index contributed by atoms with van der Waals surface area (Å²) in [5.74, 6) is -0.203. The van der Waals surface area contributed by atoms with Gasteiger partial charge < -0.3 is 5.73 Å². The maximum Gasteiger partial charge on any atom is 0.126 e. The van der Waals surface area contributed by atoms with Crippen molar-refractivity contribution in [2.45, 2.75) is 25.9 Å². The molecule has 0 radical (unpaired) electrons. The van der Waals surface area contributed by atoms with Crippen LogP contribution < -0.4 is 5.73 Å². The van der Waals surface area contributed by atoms with E-state index >= 15 is 0 Å². The van der Waals surface area contributed by atoms with Crippen LogP contribution in [0.15, 0.2) is 36.5 Å². The van der Waals surface area contributed by atoms with Crippen molar-refractivity contribution in [1.29, 1.82) is 0 Å². The van der Waals surface area contributed by atoms with E-state index in [4.69, 9.17) is 5.73 Å². The third-order valence-corrected chi connectivity index (χ3v) is 2.83. The number of halogens is 1. The number of nitrogens with two attached hydrogens (primary N) is 1. The molecule has 0 bridgehead atoms. The number of hydrogen-bond acceptors (Lipinski definition) is 2. The van der Waals surface area contributed by atoms with Crippen LogP contribution in [0.5, 0.6) is 0 Å². The molecule has 0 saturated heterocycles. The molecule has 1 heterocycles. The van der Waals surface area contributed by atoms with E-state index in [2.05, 4.69) is 5.10 Å². The van der Waals surface area contributed by atoms with E-state index in [0.29, 0.717) is 12.0 Å². The first-order chi connectivity index (χ1) is 8.22. The molecule has 1 aromatic heterocycles. The summed E-state index contributed by atoms with van der Waals surface area (Å²) in [5.41, 5.74) is 7.67. The fraction of sp³-hybridized carbons (Fsp3) is 0.308. The SMILES string of the molecule is CCn1nccc1C(N)Cc1ccccc1F. The topological polar surface area (TPSA) is 43.8 Å². The van der Waals surface area contributed by atoms with Crippen LogP contribution in [-0.4, -0.2) is 9.78 Å². The molecule has 90 valence electrons. The first-order valence-electron chi connectivity index (χ1n) is 5.73. The minimum atomic E-state index is -0.227. The van der Waals surface area contributed by atoms with Crippen molar-refractivity contribution in [3.05, 3.63) is 53.6 Å². The highest BCUT2D eigenvalue weighted by Crippen LogP contribution is 2.17. The smallest absolute Gasteiger partial charge is 0.126 e. The van der Waals surface area contributed by atoms with Crippen LogP contribution in [0.3, 0.4) is 0 Å². The molecule has 0 fully saturated rings. The van der Waals surface area contributed by atoms with Crippen LogP contribution in [0.1, 0.15) is 24.2 Å². The third kappa shape index (κ3) is 2.53. The molecule has 0 spiro atoms. The van der Waals surface area contributed by atoms with E-state index in [1.54, 1.807) is 18.3 Å². The Morgan fingerprint density at radius 2 is 2.12 bits per heavy atom. The summed E-state index contributed by atoms with van der Waals surface area (Å²) in [5, 5.41) is 4.16. The zero-order valence-electron chi connectivity index (χ0n) is 9.81. The number of aromatic nitrogens is 2. The summed E-state index contributed by atoms with van der Waals surface area (Å²) in [7, 11) is 0.